The van der Waals surface area contributed by atoms with Gasteiger partial charge in [-0.25, -0.2) is 9.78 Å². The van der Waals surface area contributed by atoms with Crippen LogP contribution in [-0.4, -0.2) is 57.0 Å². The molecule has 2 aliphatic rings. The summed E-state index contributed by atoms with van der Waals surface area (Å²) in [6.45, 7) is 5.58. The van der Waals surface area contributed by atoms with E-state index in [2.05, 4.69) is 28.9 Å². The molecule has 1 aliphatic carbocycles. The highest BCUT2D eigenvalue weighted by atomic mass is 16.6. The quantitative estimate of drug-likeness (QED) is 0.447. The second-order valence-electron chi connectivity index (χ2n) is 10.5. The molecule has 1 N–H and O–H groups in total. The summed E-state index contributed by atoms with van der Waals surface area (Å²) in [6.07, 6.45) is 11.9. The normalized spacial score (nSPS) is 26.7. The lowest BCUT2D eigenvalue weighted by Gasteiger charge is -2.45. The van der Waals surface area contributed by atoms with E-state index in [0.717, 1.165) is 37.2 Å². The van der Waals surface area contributed by atoms with Crippen molar-refractivity contribution in [2.75, 3.05) is 13.7 Å². The average Bonchev–Trinajstić information content (AvgIpc) is 2.98. The first-order valence-electron chi connectivity index (χ1n) is 13.6. The van der Waals surface area contributed by atoms with Gasteiger partial charge in [-0.1, -0.05) is 63.2 Å². The van der Waals surface area contributed by atoms with Crippen LogP contribution in [0.4, 0.5) is 0 Å². The number of likely N-dealkylation sites (tertiary alicyclic amines) is 1. The van der Waals surface area contributed by atoms with Crippen molar-refractivity contribution in [1.29, 1.82) is 0 Å². The summed E-state index contributed by atoms with van der Waals surface area (Å²) < 4.78 is 1.78. The summed E-state index contributed by atoms with van der Waals surface area (Å²) in [5.41, 5.74) is 0.251. The topological polar surface area (TPSA) is 97.0 Å². The van der Waals surface area contributed by atoms with Gasteiger partial charge in [0.2, 0.25) is 5.71 Å². The van der Waals surface area contributed by atoms with E-state index in [1.807, 2.05) is 24.3 Å². The molecule has 2 fully saturated rings. The fraction of sp³-hybridized carbons (Fsp3) is 0.643. The number of carbonyl (C=O) groups is 1. The second-order valence-corrected chi connectivity index (χ2v) is 10.5. The molecule has 1 saturated carbocycles. The molecule has 8 heteroatoms. The molecule has 1 saturated heterocycles. The van der Waals surface area contributed by atoms with Crippen molar-refractivity contribution in [2.24, 2.45) is 11.1 Å². The summed E-state index contributed by atoms with van der Waals surface area (Å²) in [4.78, 5) is 37.5. The van der Waals surface area contributed by atoms with Crippen LogP contribution in [0.25, 0.3) is 11.0 Å². The third kappa shape index (κ3) is 5.64. The highest BCUT2D eigenvalue weighted by Crippen LogP contribution is 2.35. The van der Waals surface area contributed by atoms with Gasteiger partial charge < -0.3 is 14.5 Å². The molecule has 2 heterocycles. The highest BCUT2D eigenvalue weighted by molar-refractivity contribution is 6.41. The predicted octanol–water partition coefficient (Wildman–Crippen LogP) is 5.00. The fourth-order valence-electron chi connectivity index (χ4n) is 6.34. The molecule has 1 aromatic heterocycles. The van der Waals surface area contributed by atoms with E-state index in [0.29, 0.717) is 17.6 Å². The van der Waals surface area contributed by atoms with Crippen molar-refractivity contribution < 1.29 is 14.7 Å². The van der Waals surface area contributed by atoms with E-state index >= 15 is 0 Å². The predicted molar refractivity (Wildman–Crippen MR) is 142 cm³/mol. The van der Waals surface area contributed by atoms with Gasteiger partial charge in [-0.2, -0.15) is 0 Å². The maximum absolute atomic E-state index is 13.7. The number of fused-ring (bicyclic) bond motifs is 1. The van der Waals surface area contributed by atoms with Gasteiger partial charge in [-0.05, 0) is 50.2 Å². The number of oxime groups is 1. The molecule has 4 atom stereocenters. The summed E-state index contributed by atoms with van der Waals surface area (Å²) >= 11 is 0. The molecular weight excluding hydrogens is 456 g/mol. The summed E-state index contributed by atoms with van der Waals surface area (Å²) in [5, 5.41) is 13.3. The van der Waals surface area contributed by atoms with Crippen LogP contribution in [0.15, 0.2) is 34.2 Å². The third-order valence-electron chi connectivity index (χ3n) is 8.10. The molecule has 4 rings (SSSR count). The maximum atomic E-state index is 13.7. The Morgan fingerprint density at radius 3 is 2.58 bits per heavy atom. The zero-order valence-electron chi connectivity index (χ0n) is 21.9. The first-order valence-corrected chi connectivity index (χ1v) is 13.6. The van der Waals surface area contributed by atoms with E-state index in [-0.39, 0.29) is 11.7 Å². The number of rotatable bonds is 6. The van der Waals surface area contributed by atoms with Gasteiger partial charge in [-0.3, -0.25) is 9.69 Å². The van der Waals surface area contributed by atoms with Gasteiger partial charge >= 0.3 is 5.97 Å². The van der Waals surface area contributed by atoms with E-state index in [1.165, 1.54) is 52.1 Å². The maximum Gasteiger partial charge on any atom is 0.360 e. The lowest BCUT2D eigenvalue weighted by Crippen LogP contribution is -2.50. The van der Waals surface area contributed by atoms with Crippen LogP contribution in [0.1, 0.15) is 89.8 Å². The Labute approximate surface area is 213 Å². The molecule has 1 aromatic carbocycles. The molecule has 0 unspecified atom stereocenters. The Hall–Kier alpha value is -2.74. The Balaban J connectivity index is 1.69. The largest absolute Gasteiger partial charge is 0.476 e. The number of carboxylic acids is 1. The molecule has 0 bridgehead atoms. The minimum absolute atomic E-state index is 0.0308. The van der Waals surface area contributed by atoms with Crippen molar-refractivity contribution in [2.45, 2.75) is 96.2 Å². The molecule has 8 nitrogen and oxygen atoms in total. The van der Waals surface area contributed by atoms with Crippen LogP contribution in [0.5, 0.6) is 0 Å². The summed E-state index contributed by atoms with van der Waals surface area (Å²) in [7, 11) is 1.27. The molecule has 0 spiro atoms. The van der Waals surface area contributed by atoms with Crippen LogP contribution in [-0.2, 0) is 9.63 Å². The van der Waals surface area contributed by atoms with Crippen LogP contribution in [0.2, 0.25) is 0 Å². The van der Waals surface area contributed by atoms with E-state index < -0.39 is 17.2 Å². The molecule has 0 radical (unpaired) electrons. The molecule has 2 aromatic rings. The SMILES string of the molecule is CC[C@@H]1C[C@H](n2c(=O)c(/C(=N/OC)C(=O)O)nc3ccccc32)CCN1[C@@H]1CCCCCC[C@@H](C)C1. The average molecular weight is 497 g/mol. The Morgan fingerprint density at radius 2 is 1.86 bits per heavy atom. The summed E-state index contributed by atoms with van der Waals surface area (Å²) in [5.74, 6) is -0.592. The minimum Gasteiger partial charge on any atom is -0.476 e. The Kier molecular flexibility index (Phi) is 8.77. The van der Waals surface area contributed by atoms with E-state index in [4.69, 9.17) is 4.84 Å². The number of aromatic nitrogens is 2. The van der Waals surface area contributed by atoms with Crippen molar-refractivity contribution in [3.63, 3.8) is 0 Å². The number of nitrogens with zero attached hydrogens (tertiary/aromatic N) is 4. The molecule has 0 amide bonds. The van der Waals surface area contributed by atoms with Crippen molar-refractivity contribution in [3.05, 3.63) is 40.3 Å². The van der Waals surface area contributed by atoms with E-state index in [9.17, 15) is 14.7 Å². The monoisotopic (exact) mass is 496 g/mol. The zero-order valence-corrected chi connectivity index (χ0v) is 21.9. The number of hydrogen-bond acceptors (Lipinski definition) is 6. The lowest BCUT2D eigenvalue weighted by atomic mass is 9.88. The standard InChI is InChI=1S/C28H40N4O4/c1-4-20-18-22(15-16-31(20)21-12-8-6-5-7-11-19(2)17-21)32-24-14-10-9-13-23(24)29-25(27(32)33)26(28(34)35)30-36-3/h9-10,13-14,19-22H,4-8,11-12,15-18H2,1-3H3,(H,34,35)/b30-26-/t19-,20-,21-,22-/m1/s1. The highest BCUT2D eigenvalue weighted by Gasteiger charge is 2.35. The molecule has 196 valence electrons. The van der Waals surface area contributed by atoms with Crippen molar-refractivity contribution in [1.82, 2.24) is 14.5 Å². The van der Waals surface area contributed by atoms with Crippen LogP contribution in [0.3, 0.4) is 0 Å². The number of aliphatic carboxylic acids is 1. The Bertz CT molecular complexity index is 1140. The lowest BCUT2D eigenvalue weighted by molar-refractivity contribution is -0.129. The number of hydrogen-bond donors (Lipinski definition) is 1. The van der Waals surface area contributed by atoms with Gasteiger partial charge in [0.15, 0.2) is 5.69 Å². The van der Waals surface area contributed by atoms with Crippen LogP contribution in [0, 0.1) is 5.92 Å². The van der Waals surface area contributed by atoms with Gasteiger partial charge in [0.05, 0.1) is 11.0 Å². The van der Waals surface area contributed by atoms with Crippen LogP contribution >= 0.6 is 0 Å². The van der Waals surface area contributed by atoms with E-state index in [1.54, 1.807) is 4.57 Å². The van der Waals surface area contributed by atoms with Gasteiger partial charge in [0.25, 0.3) is 5.56 Å². The second kappa shape index (κ2) is 12.0. The fourth-order valence-corrected chi connectivity index (χ4v) is 6.34. The van der Waals surface area contributed by atoms with Crippen molar-refractivity contribution in [3.8, 4) is 0 Å². The smallest absolute Gasteiger partial charge is 0.360 e. The molecule has 36 heavy (non-hydrogen) atoms. The van der Waals surface area contributed by atoms with Gasteiger partial charge in [-0.15, -0.1) is 0 Å². The molecular formula is C28H40N4O4. The third-order valence-corrected chi connectivity index (χ3v) is 8.10. The summed E-state index contributed by atoms with van der Waals surface area (Å²) in [6, 6.07) is 8.40. The number of piperidine rings is 1. The number of carboxylic acid groups (broad SMARTS) is 1. The molecule has 1 aliphatic heterocycles. The minimum atomic E-state index is -1.33. The number of benzene rings is 1. The number of para-hydroxylation sites is 2. The van der Waals surface area contributed by atoms with Crippen LogP contribution < -0.4 is 5.56 Å². The Morgan fingerprint density at radius 1 is 1.11 bits per heavy atom. The first-order chi connectivity index (χ1) is 17.4. The first kappa shape index (κ1) is 26.3. The van der Waals surface area contributed by atoms with Gasteiger partial charge in [0.1, 0.15) is 7.11 Å². The zero-order chi connectivity index (χ0) is 25.7. The van der Waals surface area contributed by atoms with Crippen molar-refractivity contribution >= 4 is 22.7 Å². The van der Waals surface area contributed by atoms with Gasteiger partial charge in [0, 0.05) is 24.7 Å².